The van der Waals surface area contributed by atoms with Gasteiger partial charge in [0.25, 0.3) is 5.91 Å². The average Bonchev–Trinajstić information content (AvgIpc) is 2.92. The highest BCUT2D eigenvalue weighted by atomic mass is 16.2. The van der Waals surface area contributed by atoms with E-state index in [0.717, 1.165) is 24.5 Å². The van der Waals surface area contributed by atoms with Crippen molar-refractivity contribution in [2.75, 3.05) is 0 Å². The van der Waals surface area contributed by atoms with Crippen molar-refractivity contribution < 1.29 is 4.79 Å². The van der Waals surface area contributed by atoms with Crippen molar-refractivity contribution in [1.29, 1.82) is 0 Å². The first-order chi connectivity index (χ1) is 14.0. The van der Waals surface area contributed by atoms with Gasteiger partial charge in [-0.15, -0.1) is 0 Å². The van der Waals surface area contributed by atoms with Crippen molar-refractivity contribution in [3.05, 3.63) is 17.0 Å². The average molecular weight is 396 g/mol. The Labute approximate surface area is 175 Å². The highest BCUT2D eigenvalue weighted by Gasteiger charge is 2.79. The molecule has 29 heavy (non-hydrogen) atoms. The fraction of sp³-hybridized carbons (Fsp3) is 0.840. The molecule has 1 aromatic heterocycles. The Morgan fingerprint density at radius 1 is 0.966 bits per heavy atom. The van der Waals surface area contributed by atoms with Crippen LogP contribution in [0, 0.1) is 11.3 Å². The number of amides is 1. The van der Waals surface area contributed by atoms with Crippen molar-refractivity contribution in [3.63, 3.8) is 0 Å². The number of hydrogen-bond acceptors (Lipinski definition) is 2. The van der Waals surface area contributed by atoms with Crippen LogP contribution in [0.5, 0.6) is 0 Å². The summed E-state index contributed by atoms with van der Waals surface area (Å²) >= 11 is 0. The van der Waals surface area contributed by atoms with E-state index in [1.54, 1.807) is 0 Å². The van der Waals surface area contributed by atoms with Crippen LogP contribution in [0.2, 0.25) is 0 Å². The van der Waals surface area contributed by atoms with E-state index in [0.29, 0.717) is 12.1 Å². The van der Waals surface area contributed by atoms with Gasteiger partial charge in [-0.1, -0.05) is 46.0 Å². The number of aromatic nitrogens is 2. The van der Waals surface area contributed by atoms with Crippen molar-refractivity contribution in [2.45, 2.75) is 121 Å². The Kier molecular flexibility index (Phi) is 4.03. The van der Waals surface area contributed by atoms with E-state index >= 15 is 0 Å². The first-order valence-corrected chi connectivity index (χ1v) is 12.5. The number of piperidine rings is 1. The summed E-state index contributed by atoms with van der Waals surface area (Å²) in [6.07, 6.45) is 17.5. The molecule has 4 fully saturated rings. The highest BCUT2D eigenvalue weighted by Crippen LogP contribution is 2.72. The molecule has 6 rings (SSSR count). The van der Waals surface area contributed by atoms with E-state index in [9.17, 15) is 4.79 Å². The van der Waals surface area contributed by atoms with E-state index in [-0.39, 0.29) is 16.9 Å². The quantitative estimate of drug-likeness (QED) is 0.625. The number of hydrogen-bond donors (Lipinski definition) is 0. The van der Waals surface area contributed by atoms with Crippen LogP contribution < -0.4 is 0 Å². The number of carbonyl (C=O) groups excluding carboxylic acids is 1. The monoisotopic (exact) mass is 395 g/mol. The molecule has 0 N–H and O–H groups in total. The van der Waals surface area contributed by atoms with Crippen molar-refractivity contribution in [3.8, 4) is 0 Å². The van der Waals surface area contributed by atoms with Crippen LogP contribution in [0.4, 0.5) is 0 Å². The van der Waals surface area contributed by atoms with Crippen LogP contribution in [-0.2, 0) is 12.8 Å². The molecule has 1 aliphatic heterocycles. The number of carbonyl (C=O) groups is 1. The normalized spacial score (nSPS) is 35.7. The molecule has 4 nitrogen and oxygen atoms in total. The van der Waals surface area contributed by atoms with E-state index in [1.807, 2.05) is 0 Å². The maximum absolute atomic E-state index is 13.9. The minimum Gasteiger partial charge on any atom is -0.324 e. The number of nitrogens with zero attached hydrogens (tertiary/aromatic N) is 3. The maximum Gasteiger partial charge on any atom is 0.275 e. The molecule has 3 saturated carbocycles. The second kappa shape index (κ2) is 6.34. The van der Waals surface area contributed by atoms with Crippen LogP contribution in [0.3, 0.4) is 0 Å². The first kappa shape index (κ1) is 18.4. The van der Waals surface area contributed by atoms with Crippen LogP contribution in [-0.4, -0.2) is 32.2 Å². The van der Waals surface area contributed by atoms with E-state index < -0.39 is 0 Å². The summed E-state index contributed by atoms with van der Waals surface area (Å²) in [5.74, 6) is 1.09. The van der Waals surface area contributed by atoms with Crippen LogP contribution in [0.15, 0.2) is 0 Å². The summed E-state index contributed by atoms with van der Waals surface area (Å²) in [6, 6.07) is 0.989. The van der Waals surface area contributed by atoms with Gasteiger partial charge in [0.2, 0.25) is 0 Å². The molecule has 1 saturated heterocycles. The Hall–Kier alpha value is -1.32. The molecule has 158 valence electrons. The Bertz CT molecular complexity index is 833. The van der Waals surface area contributed by atoms with E-state index in [4.69, 9.17) is 5.10 Å². The zero-order valence-corrected chi connectivity index (χ0v) is 18.4. The molecule has 1 aromatic rings. The van der Waals surface area contributed by atoms with E-state index in [1.165, 1.54) is 88.3 Å². The minimum absolute atomic E-state index is 0.189. The molecule has 2 heterocycles. The van der Waals surface area contributed by atoms with Gasteiger partial charge in [-0.3, -0.25) is 9.48 Å². The van der Waals surface area contributed by atoms with Gasteiger partial charge in [-0.2, -0.15) is 5.10 Å². The molecule has 3 unspecified atom stereocenters. The van der Waals surface area contributed by atoms with E-state index in [2.05, 4.69) is 23.4 Å². The summed E-state index contributed by atoms with van der Waals surface area (Å²) in [4.78, 5) is 16.2. The third kappa shape index (κ3) is 2.50. The van der Waals surface area contributed by atoms with Gasteiger partial charge in [-0.25, -0.2) is 0 Å². The zero-order chi connectivity index (χ0) is 19.8. The Morgan fingerprint density at radius 2 is 1.69 bits per heavy atom. The molecule has 0 radical (unpaired) electrons. The second-order valence-electron chi connectivity index (χ2n) is 11.4. The number of fused-ring (bicyclic) bond motifs is 2. The summed E-state index contributed by atoms with van der Waals surface area (Å²) in [6.45, 7) is 4.81. The minimum atomic E-state index is 0.189. The second-order valence-corrected chi connectivity index (χ2v) is 11.4. The van der Waals surface area contributed by atoms with Gasteiger partial charge in [-0.05, 0) is 69.1 Å². The predicted molar refractivity (Wildman–Crippen MR) is 114 cm³/mol. The topological polar surface area (TPSA) is 37.9 Å². The van der Waals surface area contributed by atoms with Gasteiger partial charge in [0.1, 0.15) is 0 Å². The van der Waals surface area contributed by atoms with Gasteiger partial charge >= 0.3 is 0 Å². The molecule has 4 heteroatoms. The largest absolute Gasteiger partial charge is 0.324 e. The Morgan fingerprint density at radius 3 is 2.41 bits per heavy atom. The summed E-state index contributed by atoms with van der Waals surface area (Å²) in [5.41, 5.74) is 4.07. The zero-order valence-electron chi connectivity index (χ0n) is 18.4. The van der Waals surface area contributed by atoms with Crippen molar-refractivity contribution >= 4 is 5.91 Å². The summed E-state index contributed by atoms with van der Waals surface area (Å²) < 4.78 is 2.35. The number of likely N-dealkylation sites (tertiary alicyclic amines) is 1. The summed E-state index contributed by atoms with van der Waals surface area (Å²) in [5, 5.41) is 5.14. The molecule has 4 aliphatic carbocycles. The molecule has 0 aromatic carbocycles. The first-order valence-electron chi connectivity index (χ1n) is 12.5. The molecule has 2 bridgehead atoms. The predicted octanol–water partition coefficient (Wildman–Crippen LogP) is 5.45. The van der Waals surface area contributed by atoms with Crippen molar-refractivity contribution in [2.24, 2.45) is 11.3 Å². The third-order valence-electron chi connectivity index (χ3n) is 9.51. The number of rotatable bonds is 2. The standard InChI is InChI=1S/C25H37N3O/c1-24(2)17-14-15-25(16-17)23(24)27(25)22(29)21-19-12-8-3-4-9-13-20(19)28(26-21)18-10-6-5-7-11-18/h17-18,23H,3-16H2,1-2H3. The highest BCUT2D eigenvalue weighted by molar-refractivity contribution is 5.97. The van der Waals surface area contributed by atoms with Crippen LogP contribution in [0.1, 0.15) is 119 Å². The molecule has 1 spiro atoms. The van der Waals surface area contributed by atoms with Gasteiger partial charge in [0.05, 0.1) is 17.6 Å². The lowest BCUT2D eigenvalue weighted by atomic mass is 9.76. The summed E-state index contributed by atoms with van der Waals surface area (Å²) in [7, 11) is 0. The molecule has 1 amide bonds. The Balaban J connectivity index is 1.38. The fourth-order valence-corrected chi connectivity index (χ4v) is 7.99. The van der Waals surface area contributed by atoms with Gasteiger partial charge in [0.15, 0.2) is 5.69 Å². The molecular weight excluding hydrogens is 358 g/mol. The molecule has 5 aliphatic rings. The molecule has 3 atom stereocenters. The van der Waals surface area contributed by atoms with Crippen molar-refractivity contribution in [1.82, 2.24) is 14.7 Å². The smallest absolute Gasteiger partial charge is 0.275 e. The van der Waals surface area contributed by atoms with Gasteiger partial charge in [0, 0.05) is 11.3 Å². The lowest BCUT2D eigenvalue weighted by Crippen LogP contribution is -2.31. The maximum atomic E-state index is 13.9. The lowest BCUT2D eigenvalue weighted by Gasteiger charge is -2.30. The SMILES string of the molecule is CC1(C)C2CCC3(C2)C1N3C(=O)c1nn(C2CCCCC2)c2c1CCCCCC2. The lowest BCUT2D eigenvalue weighted by molar-refractivity contribution is 0.0785. The third-order valence-corrected chi connectivity index (χ3v) is 9.51. The van der Waals surface area contributed by atoms with Crippen LogP contribution in [0.25, 0.3) is 0 Å². The van der Waals surface area contributed by atoms with Gasteiger partial charge < -0.3 is 4.90 Å². The fourth-order valence-electron chi connectivity index (χ4n) is 7.99. The molecular formula is C25H37N3O. The van der Waals surface area contributed by atoms with Crippen LogP contribution >= 0.6 is 0 Å².